The van der Waals surface area contributed by atoms with E-state index in [0.717, 1.165) is 3.97 Å². The van der Waals surface area contributed by atoms with Crippen LogP contribution in [0.3, 0.4) is 0 Å². The molecule has 0 radical (unpaired) electrons. The van der Waals surface area contributed by atoms with Crippen molar-refractivity contribution in [1.29, 1.82) is 5.26 Å². The normalized spacial score (nSPS) is 11.0. The molecule has 9 heteroatoms. The third-order valence-electron chi connectivity index (χ3n) is 4.35. The van der Waals surface area contributed by atoms with Crippen molar-refractivity contribution < 1.29 is 18.3 Å². The van der Waals surface area contributed by atoms with Gasteiger partial charge < -0.3 is 10.4 Å². The predicted octanol–water partition coefficient (Wildman–Crippen LogP) is 2.78. The van der Waals surface area contributed by atoms with Gasteiger partial charge in [0.25, 0.3) is 10.0 Å². The highest BCUT2D eigenvalue weighted by molar-refractivity contribution is 7.90. The number of carbonyl (C=O) groups is 1. The molecule has 0 spiro atoms. The first-order chi connectivity index (χ1) is 13.8. The molecule has 0 fully saturated rings. The summed E-state index contributed by atoms with van der Waals surface area (Å²) in [5, 5.41) is 20.4. The lowest BCUT2D eigenvalue weighted by atomic mass is 10.1. The molecule has 0 saturated carbocycles. The van der Waals surface area contributed by atoms with Crippen LogP contribution in [0.4, 0.5) is 4.79 Å². The number of nitriles is 1. The molecule has 0 aliphatic carbocycles. The van der Waals surface area contributed by atoms with Crippen LogP contribution in [0.2, 0.25) is 0 Å². The number of nitrogens with one attached hydrogen (secondary N) is 1. The minimum absolute atomic E-state index is 0.0991. The van der Waals surface area contributed by atoms with Crippen LogP contribution in [0.5, 0.6) is 0 Å². The lowest BCUT2D eigenvalue weighted by molar-refractivity contribution is 0.194. The molecule has 2 aromatic heterocycles. The molecule has 8 nitrogen and oxygen atoms in total. The number of amides is 1. The summed E-state index contributed by atoms with van der Waals surface area (Å²) in [6.07, 6.45) is 2.05. The zero-order chi connectivity index (χ0) is 21.0. The lowest BCUT2D eigenvalue weighted by Crippen LogP contribution is -2.23. The number of pyridine rings is 1. The van der Waals surface area contributed by atoms with Gasteiger partial charge in [-0.3, -0.25) is 0 Å². The Balaban J connectivity index is 2.17. The molecule has 0 saturated heterocycles. The molecular formula is C20H18N4O4S. The number of rotatable bonds is 6. The van der Waals surface area contributed by atoms with Crippen LogP contribution < -0.4 is 5.32 Å². The quantitative estimate of drug-likeness (QED) is 0.644. The molecule has 0 aliphatic rings. The largest absolute Gasteiger partial charge is 0.465 e. The molecule has 0 atom stereocenters. The zero-order valence-electron chi connectivity index (χ0n) is 15.5. The van der Waals surface area contributed by atoms with Gasteiger partial charge >= 0.3 is 6.09 Å². The Labute approximate surface area is 168 Å². The highest BCUT2D eigenvalue weighted by Crippen LogP contribution is 2.29. The fourth-order valence-electron chi connectivity index (χ4n) is 3.00. The van der Waals surface area contributed by atoms with Crippen molar-refractivity contribution in [2.75, 3.05) is 6.54 Å². The van der Waals surface area contributed by atoms with Crippen LogP contribution in [0, 0.1) is 18.3 Å². The summed E-state index contributed by atoms with van der Waals surface area (Å²) >= 11 is 0. The molecular weight excluding hydrogens is 392 g/mol. The van der Waals surface area contributed by atoms with Crippen LogP contribution >= 0.6 is 0 Å². The van der Waals surface area contributed by atoms with Gasteiger partial charge in [0, 0.05) is 24.5 Å². The van der Waals surface area contributed by atoms with Crippen molar-refractivity contribution in [3.05, 3.63) is 71.7 Å². The first-order valence-electron chi connectivity index (χ1n) is 8.69. The minimum atomic E-state index is -3.95. The smallest absolute Gasteiger partial charge is 0.404 e. The van der Waals surface area contributed by atoms with Crippen LogP contribution in [-0.4, -0.2) is 35.1 Å². The summed E-state index contributed by atoms with van der Waals surface area (Å²) in [7, 11) is -3.95. The fraction of sp³-hybridized carbons (Fsp3) is 0.150. The van der Waals surface area contributed by atoms with Gasteiger partial charge in [0.2, 0.25) is 0 Å². The van der Waals surface area contributed by atoms with Crippen molar-refractivity contribution in [3.63, 3.8) is 0 Å². The summed E-state index contributed by atoms with van der Waals surface area (Å²) in [6.45, 7) is 1.83. The Kier molecular flexibility index (Phi) is 5.66. The van der Waals surface area contributed by atoms with E-state index in [4.69, 9.17) is 5.11 Å². The second-order valence-electron chi connectivity index (χ2n) is 6.29. The molecule has 1 aromatic carbocycles. The first kappa shape index (κ1) is 20.1. The number of aromatic nitrogens is 2. The molecule has 3 rings (SSSR count). The van der Waals surface area contributed by atoms with E-state index in [9.17, 15) is 18.5 Å². The second kappa shape index (κ2) is 8.16. The van der Waals surface area contributed by atoms with E-state index in [1.165, 1.54) is 18.5 Å². The summed E-state index contributed by atoms with van der Waals surface area (Å²) in [6, 6.07) is 13.5. The van der Waals surface area contributed by atoms with E-state index in [0.29, 0.717) is 22.4 Å². The average molecular weight is 410 g/mol. The van der Waals surface area contributed by atoms with Gasteiger partial charge in [-0.2, -0.15) is 5.26 Å². The third-order valence-corrected chi connectivity index (χ3v) is 6.19. The Morgan fingerprint density at radius 3 is 2.72 bits per heavy atom. The number of hydrogen-bond acceptors (Lipinski definition) is 5. The third kappa shape index (κ3) is 4.12. The molecule has 0 aliphatic heterocycles. The van der Waals surface area contributed by atoms with Crippen LogP contribution in [-0.2, 0) is 16.4 Å². The first-order valence-corrected chi connectivity index (χ1v) is 10.1. The van der Waals surface area contributed by atoms with Gasteiger partial charge in [-0.1, -0.05) is 18.2 Å². The topological polar surface area (TPSA) is 125 Å². The van der Waals surface area contributed by atoms with Crippen molar-refractivity contribution in [3.8, 4) is 17.3 Å². The second-order valence-corrected chi connectivity index (χ2v) is 8.08. The van der Waals surface area contributed by atoms with E-state index < -0.39 is 16.1 Å². The van der Waals surface area contributed by atoms with Crippen LogP contribution in [0.1, 0.15) is 16.8 Å². The molecule has 0 unspecified atom stereocenters. The van der Waals surface area contributed by atoms with Crippen molar-refractivity contribution in [2.45, 2.75) is 18.2 Å². The SMILES string of the molecule is Cc1ccccc1S(=O)(=O)n1cc(CCNC(=O)O)cc1-c1cccnc1C#N. The summed E-state index contributed by atoms with van der Waals surface area (Å²) in [5.41, 5.74) is 1.97. The molecule has 29 heavy (non-hydrogen) atoms. The van der Waals surface area contributed by atoms with Gasteiger partial charge in [-0.15, -0.1) is 0 Å². The Morgan fingerprint density at radius 1 is 1.28 bits per heavy atom. The predicted molar refractivity (Wildman–Crippen MR) is 106 cm³/mol. The maximum atomic E-state index is 13.4. The van der Waals surface area contributed by atoms with Crippen molar-refractivity contribution in [2.24, 2.45) is 0 Å². The summed E-state index contributed by atoms with van der Waals surface area (Å²) in [5.74, 6) is 0. The Morgan fingerprint density at radius 2 is 2.03 bits per heavy atom. The van der Waals surface area contributed by atoms with Gasteiger partial charge in [-0.05, 0) is 48.7 Å². The van der Waals surface area contributed by atoms with Crippen LogP contribution in [0.25, 0.3) is 11.3 Å². The molecule has 2 N–H and O–H groups in total. The standard InChI is InChI=1S/C20H18N4O4S/c1-14-5-2-3-7-19(14)29(27,28)24-13-15(8-10-23-20(25)26)11-18(24)16-6-4-9-22-17(16)12-21/h2-7,9,11,13,23H,8,10H2,1H3,(H,25,26). The molecule has 2 heterocycles. The molecule has 1 amide bonds. The van der Waals surface area contributed by atoms with Gasteiger partial charge in [0.1, 0.15) is 11.8 Å². The minimum Gasteiger partial charge on any atom is -0.465 e. The number of carboxylic acid groups (broad SMARTS) is 1. The number of benzene rings is 1. The van der Waals surface area contributed by atoms with Crippen molar-refractivity contribution >= 4 is 16.1 Å². The fourth-order valence-corrected chi connectivity index (χ4v) is 4.62. The summed E-state index contributed by atoms with van der Waals surface area (Å²) < 4.78 is 27.9. The zero-order valence-corrected chi connectivity index (χ0v) is 16.3. The van der Waals surface area contributed by atoms with E-state index in [1.54, 1.807) is 43.3 Å². The number of aryl methyl sites for hydroxylation is 1. The lowest BCUT2D eigenvalue weighted by Gasteiger charge is -2.13. The number of nitrogens with zero attached hydrogens (tertiary/aromatic N) is 3. The van der Waals surface area contributed by atoms with Crippen LogP contribution in [0.15, 0.2) is 59.8 Å². The molecule has 3 aromatic rings. The van der Waals surface area contributed by atoms with Gasteiger partial charge in [0.05, 0.1) is 10.6 Å². The monoisotopic (exact) mass is 410 g/mol. The Bertz CT molecular complexity index is 1210. The maximum Gasteiger partial charge on any atom is 0.404 e. The molecule has 148 valence electrons. The average Bonchev–Trinajstić information content (AvgIpc) is 3.12. The van der Waals surface area contributed by atoms with Crippen molar-refractivity contribution in [1.82, 2.24) is 14.3 Å². The van der Waals surface area contributed by atoms with E-state index >= 15 is 0 Å². The molecule has 0 bridgehead atoms. The number of hydrogen-bond donors (Lipinski definition) is 2. The van der Waals surface area contributed by atoms with Gasteiger partial charge in [-0.25, -0.2) is 22.2 Å². The van der Waals surface area contributed by atoms with E-state index in [2.05, 4.69) is 10.3 Å². The van der Waals surface area contributed by atoms with E-state index in [1.807, 2.05) is 6.07 Å². The highest BCUT2D eigenvalue weighted by atomic mass is 32.2. The maximum absolute atomic E-state index is 13.4. The van der Waals surface area contributed by atoms with E-state index in [-0.39, 0.29) is 23.6 Å². The van der Waals surface area contributed by atoms with Gasteiger partial charge in [0.15, 0.2) is 0 Å². The highest BCUT2D eigenvalue weighted by Gasteiger charge is 2.24. The Hall–Kier alpha value is -3.64. The summed E-state index contributed by atoms with van der Waals surface area (Å²) in [4.78, 5) is 14.9.